The van der Waals surface area contributed by atoms with Gasteiger partial charge in [-0.05, 0) is 140 Å². The Morgan fingerprint density at radius 3 is 1.50 bits per heavy atom. The molecule has 14 aromatic rings. The predicted molar refractivity (Wildman–Crippen MR) is 283 cm³/mol. The Morgan fingerprint density at radius 1 is 0.258 bits per heavy atom. The van der Waals surface area contributed by atoms with Gasteiger partial charge in [0.05, 0.1) is 5.69 Å². The zero-order valence-electron chi connectivity index (χ0n) is 35.9. The van der Waals surface area contributed by atoms with Gasteiger partial charge in [0.25, 0.3) is 0 Å². The van der Waals surface area contributed by atoms with E-state index in [2.05, 4.69) is 235 Å². The molecule has 0 radical (unpaired) electrons. The summed E-state index contributed by atoms with van der Waals surface area (Å²) in [4.78, 5) is 2.45. The number of para-hydroxylation sites is 2. The molecule has 66 heavy (non-hydrogen) atoms. The van der Waals surface area contributed by atoms with Crippen molar-refractivity contribution in [2.45, 2.75) is 0 Å². The zero-order chi connectivity index (χ0) is 43.3. The Hall–Kier alpha value is -8.72. The van der Waals surface area contributed by atoms with Crippen LogP contribution in [0.4, 0.5) is 17.1 Å². The summed E-state index contributed by atoms with van der Waals surface area (Å²) in [6.45, 7) is 0. The van der Waals surface area contributed by atoms with Crippen LogP contribution < -0.4 is 4.90 Å². The Labute approximate surface area is 380 Å². The first-order valence-corrected chi connectivity index (χ1v) is 22.7. The van der Waals surface area contributed by atoms with Crippen LogP contribution in [0.2, 0.25) is 0 Å². The predicted octanol–water partition coefficient (Wildman–Crippen LogP) is 18.5. The number of rotatable bonds is 4. The lowest BCUT2D eigenvalue weighted by atomic mass is 9.88. The summed E-state index contributed by atoms with van der Waals surface area (Å²) >= 11 is 0. The number of hydrogen-bond donors (Lipinski definition) is 0. The molecular formula is C64H39NO. The Morgan fingerprint density at radius 2 is 0.773 bits per heavy atom. The van der Waals surface area contributed by atoms with Crippen LogP contribution in [-0.4, -0.2) is 0 Å². The number of nitrogens with zero attached hydrogens (tertiary/aromatic N) is 1. The zero-order valence-corrected chi connectivity index (χ0v) is 35.9. The monoisotopic (exact) mass is 837 g/mol. The quantitative estimate of drug-likeness (QED) is 0.164. The normalized spacial score (nSPS) is 11.9. The summed E-state index contributed by atoms with van der Waals surface area (Å²) in [6.07, 6.45) is 0. The van der Waals surface area contributed by atoms with Crippen LogP contribution >= 0.6 is 0 Å². The SMILES string of the molecule is c1ccc(-c2ccccc2N(c2ccc3oc4ccccc4c3c2)c2ccc3c4ccccc4c4ccccc4c4ccccc4c4c(cc5ccc6cccc7ccc4c5c67)c3c2)cc1. The molecule has 1 aromatic heterocycles. The molecule has 13 aromatic carbocycles. The molecule has 0 amide bonds. The highest BCUT2D eigenvalue weighted by atomic mass is 16.3. The average Bonchev–Trinajstić information content (AvgIpc) is 3.76. The van der Waals surface area contributed by atoms with Gasteiger partial charge >= 0.3 is 0 Å². The van der Waals surface area contributed by atoms with E-state index in [1.807, 2.05) is 6.07 Å². The Kier molecular flexibility index (Phi) is 8.02. The van der Waals surface area contributed by atoms with E-state index in [1.54, 1.807) is 0 Å². The maximum Gasteiger partial charge on any atom is 0.135 e. The molecule has 0 aliphatic rings. The summed E-state index contributed by atoms with van der Waals surface area (Å²) in [7, 11) is 0. The second kappa shape index (κ2) is 14.4. The van der Waals surface area contributed by atoms with Crippen molar-refractivity contribution >= 4 is 125 Å². The molecule has 2 nitrogen and oxygen atoms in total. The molecule has 0 fully saturated rings. The van der Waals surface area contributed by atoms with Gasteiger partial charge in [-0.25, -0.2) is 0 Å². The number of furan rings is 1. The van der Waals surface area contributed by atoms with Crippen LogP contribution in [-0.2, 0) is 0 Å². The van der Waals surface area contributed by atoms with Crippen LogP contribution in [0.5, 0.6) is 0 Å². The number of benzene rings is 12. The van der Waals surface area contributed by atoms with E-state index in [4.69, 9.17) is 4.42 Å². The summed E-state index contributed by atoms with van der Waals surface area (Å²) in [6, 6.07) is 87.1. The van der Waals surface area contributed by atoms with Gasteiger partial charge in [-0.15, -0.1) is 0 Å². The highest BCUT2D eigenvalue weighted by Crippen LogP contribution is 2.47. The van der Waals surface area contributed by atoms with Gasteiger partial charge in [0, 0.05) is 27.7 Å². The summed E-state index contributed by atoms with van der Waals surface area (Å²) in [5.74, 6) is 0. The van der Waals surface area contributed by atoms with E-state index in [0.29, 0.717) is 0 Å². The van der Waals surface area contributed by atoms with E-state index in [1.165, 1.54) is 86.2 Å². The van der Waals surface area contributed by atoms with Crippen LogP contribution in [0, 0.1) is 0 Å². The lowest BCUT2D eigenvalue weighted by Crippen LogP contribution is -2.11. The van der Waals surface area contributed by atoms with Gasteiger partial charge in [-0.3, -0.25) is 0 Å². The van der Waals surface area contributed by atoms with E-state index in [0.717, 1.165) is 50.1 Å². The number of fused-ring (bicyclic) bond motifs is 14. The van der Waals surface area contributed by atoms with Crippen molar-refractivity contribution < 1.29 is 4.42 Å². The second-order valence-electron chi connectivity index (χ2n) is 17.5. The molecule has 0 unspecified atom stereocenters. The van der Waals surface area contributed by atoms with E-state index >= 15 is 0 Å². The fraction of sp³-hybridized carbons (Fsp3) is 0. The van der Waals surface area contributed by atoms with Gasteiger partial charge in [-0.2, -0.15) is 0 Å². The molecule has 14 rings (SSSR count). The molecule has 0 saturated carbocycles. The number of anilines is 3. The van der Waals surface area contributed by atoms with Crippen molar-refractivity contribution in [1.82, 2.24) is 0 Å². The Balaban J connectivity index is 1.20. The fourth-order valence-corrected chi connectivity index (χ4v) is 11.1. The first-order chi connectivity index (χ1) is 32.7. The molecule has 0 aliphatic carbocycles. The summed E-state index contributed by atoms with van der Waals surface area (Å²) < 4.78 is 6.40. The molecule has 306 valence electrons. The van der Waals surface area contributed by atoms with Gasteiger partial charge in [0.1, 0.15) is 11.2 Å². The van der Waals surface area contributed by atoms with Gasteiger partial charge in [0.2, 0.25) is 0 Å². The van der Waals surface area contributed by atoms with E-state index < -0.39 is 0 Å². The van der Waals surface area contributed by atoms with Crippen molar-refractivity contribution in [3.63, 3.8) is 0 Å². The molecule has 0 aliphatic heterocycles. The van der Waals surface area contributed by atoms with Crippen LogP contribution in [0.15, 0.2) is 241 Å². The third-order valence-electron chi connectivity index (χ3n) is 14.0. The minimum atomic E-state index is 0.871. The minimum Gasteiger partial charge on any atom is -0.456 e. The van der Waals surface area contributed by atoms with Crippen molar-refractivity contribution in [2.24, 2.45) is 0 Å². The third kappa shape index (κ3) is 5.49. The maximum absolute atomic E-state index is 6.40. The minimum absolute atomic E-state index is 0.871. The smallest absolute Gasteiger partial charge is 0.135 e. The van der Waals surface area contributed by atoms with Gasteiger partial charge < -0.3 is 9.32 Å². The molecule has 0 spiro atoms. The molecule has 1 heterocycles. The average molecular weight is 838 g/mol. The Bertz CT molecular complexity index is 4340. The topological polar surface area (TPSA) is 16.4 Å². The lowest BCUT2D eigenvalue weighted by Gasteiger charge is -2.28. The molecule has 2 heteroatoms. The van der Waals surface area contributed by atoms with Crippen LogP contribution in [0.25, 0.3) is 119 Å². The van der Waals surface area contributed by atoms with Crippen molar-refractivity contribution in [2.75, 3.05) is 4.90 Å². The van der Waals surface area contributed by atoms with Crippen molar-refractivity contribution in [3.05, 3.63) is 237 Å². The summed E-state index contributed by atoms with van der Waals surface area (Å²) in [5, 5.41) is 21.9. The molecule has 0 N–H and O–H groups in total. The highest BCUT2D eigenvalue weighted by molar-refractivity contribution is 6.37. The summed E-state index contributed by atoms with van der Waals surface area (Å²) in [5.41, 5.74) is 7.26. The van der Waals surface area contributed by atoms with Crippen LogP contribution in [0.1, 0.15) is 0 Å². The van der Waals surface area contributed by atoms with E-state index in [-0.39, 0.29) is 0 Å². The first-order valence-electron chi connectivity index (χ1n) is 22.7. The van der Waals surface area contributed by atoms with E-state index in [9.17, 15) is 0 Å². The van der Waals surface area contributed by atoms with Crippen LogP contribution in [0.3, 0.4) is 0 Å². The fourth-order valence-electron chi connectivity index (χ4n) is 11.1. The van der Waals surface area contributed by atoms with Gasteiger partial charge in [-0.1, -0.05) is 188 Å². The largest absolute Gasteiger partial charge is 0.456 e. The first kappa shape index (κ1) is 36.7. The molecule has 0 bridgehead atoms. The standard InChI is InChI=1S/C64H39NO/c1-2-15-40(16-3-1)46-19-10-12-27-59(46)65(45-33-36-61-57(39-45)53-25-11-13-28-60(53)66-61)44-32-35-52-50-23-7-5-21-48(50)47-20-4-6-22-49(47)51-24-8-9-26-54(51)64-55-34-31-42-18-14-17-41-29-30-43(63(55)62(41)42)37-58(64)56(52)38-44/h1-39H. The van der Waals surface area contributed by atoms with Crippen molar-refractivity contribution in [3.8, 4) is 11.1 Å². The molecule has 0 atom stereocenters. The van der Waals surface area contributed by atoms with Crippen molar-refractivity contribution in [1.29, 1.82) is 0 Å². The lowest BCUT2D eigenvalue weighted by molar-refractivity contribution is 0.669. The second-order valence-corrected chi connectivity index (χ2v) is 17.5. The molecular weight excluding hydrogens is 799 g/mol. The van der Waals surface area contributed by atoms with Gasteiger partial charge in [0.15, 0.2) is 0 Å². The highest BCUT2D eigenvalue weighted by Gasteiger charge is 2.21. The maximum atomic E-state index is 6.40. The molecule has 0 saturated heterocycles. The third-order valence-corrected chi connectivity index (χ3v) is 14.0. The number of hydrogen-bond acceptors (Lipinski definition) is 2.